The number of benzene rings is 4. The first-order valence-electron chi connectivity index (χ1n) is 9.55. The Morgan fingerprint density at radius 1 is 0.933 bits per heavy atom. The minimum Gasteiger partial charge on any atom is -0.322 e. The van der Waals surface area contributed by atoms with E-state index in [1.54, 1.807) is 11.3 Å². The molecule has 0 saturated heterocycles. The van der Waals surface area contributed by atoms with Crippen LogP contribution in [0.2, 0.25) is 5.02 Å². The first-order chi connectivity index (χ1) is 14.6. The largest absolute Gasteiger partial charge is 0.322 e. The molecule has 0 aliphatic carbocycles. The van der Waals surface area contributed by atoms with Crippen LogP contribution in [-0.4, -0.2) is 10.9 Å². The highest BCUT2D eigenvalue weighted by molar-refractivity contribution is 7.21. The van der Waals surface area contributed by atoms with Gasteiger partial charge in [-0.15, -0.1) is 11.3 Å². The number of hydrogen-bond acceptors (Lipinski definition) is 3. The molecule has 0 atom stereocenters. The molecule has 4 aromatic carbocycles. The lowest BCUT2D eigenvalue weighted by Gasteiger charge is -2.09. The number of carbonyl (C=O) groups is 1. The topological polar surface area (TPSA) is 42.0 Å². The second kappa shape index (κ2) is 7.56. The molecule has 1 heterocycles. The lowest BCUT2D eigenvalue weighted by molar-refractivity contribution is 0.102. The minimum atomic E-state index is -0.161. The van der Waals surface area contributed by atoms with Crippen molar-refractivity contribution in [3.05, 3.63) is 95.0 Å². The SMILES string of the molecule is Cc1ccc2nc(-c3ccc(NC(=O)c4cccc5c(Cl)cccc45)cc3)sc2c1. The summed E-state index contributed by atoms with van der Waals surface area (Å²) in [4.78, 5) is 17.6. The Morgan fingerprint density at radius 3 is 2.53 bits per heavy atom. The second-order valence-electron chi connectivity index (χ2n) is 7.16. The Morgan fingerprint density at radius 2 is 1.70 bits per heavy atom. The Kier molecular flexibility index (Phi) is 4.74. The smallest absolute Gasteiger partial charge is 0.256 e. The fourth-order valence-corrected chi connectivity index (χ4v) is 4.83. The van der Waals surface area contributed by atoms with E-state index in [4.69, 9.17) is 16.6 Å². The van der Waals surface area contributed by atoms with E-state index in [1.165, 1.54) is 10.3 Å². The second-order valence-corrected chi connectivity index (χ2v) is 8.60. The van der Waals surface area contributed by atoms with Gasteiger partial charge in [-0.3, -0.25) is 4.79 Å². The summed E-state index contributed by atoms with van der Waals surface area (Å²) < 4.78 is 1.18. The van der Waals surface area contributed by atoms with E-state index in [9.17, 15) is 4.79 Å². The summed E-state index contributed by atoms with van der Waals surface area (Å²) in [6.45, 7) is 2.08. The highest BCUT2D eigenvalue weighted by Gasteiger charge is 2.12. The van der Waals surface area contributed by atoms with Crippen molar-refractivity contribution < 1.29 is 4.79 Å². The number of fused-ring (bicyclic) bond motifs is 2. The van der Waals surface area contributed by atoms with Gasteiger partial charge in [0.15, 0.2) is 0 Å². The lowest BCUT2D eigenvalue weighted by Crippen LogP contribution is -2.12. The van der Waals surface area contributed by atoms with Crippen molar-refractivity contribution in [1.82, 2.24) is 4.98 Å². The standard InChI is InChI=1S/C25H17ClN2OS/c1-15-8-13-22-23(14-15)30-25(28-22)16-9-11-17(12-10-16)27-24(29)20-6-2-5-19-18(20)4-3-7-21(19)26/h2-14H,1H3,(H,27,29). The molecule has 5 heteroatoms. The summed E-state index contributed by atoms with van der Waals surface area (Å²) in [6, 6.07) is 25.2. The maximum absolute atomic E-state index is 12.9. The maximum Gasteiger partial charge on any atom is 0.256 e. The van der Waals surface area contributed by atoms with Crippen LogP contribution >= 0.6 is 22.9 Å². The number of aromatic nitrogens is 1. The number of nitrogens with one attached hydrogen (secondary N) is 1. The minimum absolute atomic E-state index is 0.161. The molecule has 1 N–H and O–H groups in total. The Bertz CT molecular complexity index is 1410. The molecule has 1 aromatic heterocycles. The zero-order valence-corrected chi connectivity index (χ0v) is 17.7. The molecule has 1 amide bonds. The van der Waals surface area contributed by atoms with E-state index in [2.05, 4.69) is 30.4 Å². The maximum atomic E-state index is 12.9. The zero-order valence-electron chi connectivity index (χ0n) is 16.1. The van der Waals surface area contributed by atoms with Gasteiger partial charge in [-0.05, 0) is 66.4 Å². The van der Waals surface area contributed by atoms with Gasteiger partial charge in [-0.2, -0.15) is 0 Å². The number of nitrogens with zero attached hydrogens (tertiary/aromatic N) is 1. The van der Waals surface area contributed by atoms with Crippen LogP contribution < -0.4 is 5.32 Å². The molecule has 5 aromatic rings. The van der Waals surface area contributed by atoms with Crippen LogP contribution in [0.4, 0.5) is 5.69 Å². The third-order valence-corrected chi connectivity index (χ3v) is 6.44. The Labute approximate surface area is 183 Å². The summed E-state index contributed by atoms with van der Waals surface area (Å²) in [6.07, 6.45) is 0. The summed E-state index contributed by atoms with van der Waals surface area (Å²) in [7, 11) is 0. The van der Waals surface area contributed by atoms with Gasteiger partial charge in [0.1, 0.15) is 5.01 Å². The summed E-state index contributed by atoms with van der Waals surface area (Å²) >= 11 is 7.94. The predicted molar refractivity (Wildman–Crippen MR) is 127 cm³/mol. The van der Waals surface area contributed by atoms with Crippen molar-refractivity contribution in [2.24, 2.45) is 0 Å². The predicted octanol–water partition coefficient (Wildman–Crippen LogP) is 7.33. The van der Waals surface area contributed by atoms with Crippen LogP contribution in [0.1, 0.15) is 15.9 Å². The molecule has 0 aliphatic rings. The molecule has 146 valence electrons. The molecular weight excluding hydrogens is 412 g/mol. The number of aryl methyl sites for hydroxylation is 1. The third kappa shape index (κ3) is 3.45. The van der Waals surface area contributed by atoms with Gasteiger partial charge in [0.25, 0.3) is 5.91 Å². The number of carbonyl (C=O) groups excluding carboxylic acids is 1. The van der Waals surface area contributed by atoms with Crippen molar-refractivity contribution in [2.45, 2.75) is 6.92 Å². The van der Waals surface area contributed by atoms with Crippen LogP contribution in [-0.2, 0) is 0 Å². The van der Waals surface area contributed by atoms with E-state index in [0.29, 0.717) is 10.6 Å². The number of amides is 1. The average Bonchev–Trinajstić information content (AvgIpc) is 3.17. The van der Waals surface area contributed by atoms with Crippen molar-refractivity contribution in [1.29, 1.82) is 0 Å². The molecule has 3 nitrogen and oxygen atoms in total. The molecular formula is C25H17ClN2OS. The van der Waals surface area contributed by atoms with E-state index in [1.807, 2.05) is 60.7 Å². The fourth-order valence-electron chi connectivity index (χ4n) is 3.52. The van der Waals surface area contributed by atoms with Crippen LogP contribution in [0, 0.1) is 6.92 Å². The van der Waals surface area contributed by atoms with Gasteiger partial charge in [0, 0.05) is 27.2 Å². The van der Waals surface area contributed by atoms with Crippen molar-refractivity contribution >= 4 is 55.5 Å². The molecule has 0 bridgehead atoms. The van der Waals surface area contributed by atoms with E-state index in [0.717, 1.165) is 32.5 Å². The molecule has 0 radical (unpaired) electrons. The molecule has 0 saturated carbocycles. The van der Waals surface area contributed by atoms with Gasteiger partial charge >= 0.3 is 0 Å². The number of hydrogen-bond donors (Lipinski definition) is 1. The summed E-state index contributed by atoms with van der Waals surface area (Å²) in [5, 5.41) is 6.30. The first-order valence-corrected chi connectivity index (χ1v) is 10.7. The highest BCUT2D eigenvalue weighted by atomic mass is 35.5. The summed E-state index contributed by atoms with van der Waals surface area (Å²) in [5.74, 6) is -0.161. The Hall–Kier alpha value is -3.21. The van der Waals surface area contributed by atoms with Gasteiger partial charge in [0.2, 0.25) is 0 Å². The van der Waals surface area contributed by atoms with Crippen LogP contribution in [0.3, 0.4) is 0 Å². The van der Waals surface area contributed by atoms with Gasteiger partial charge in [0.05, 0.1) is 10.2 Å². The number of rotatable bonds is 3. The van der Waals surface area contributed by atoms with Crippen LogP contribution in [0.5, 0.6) is 0 Å². The Balaban J connectivity index is 1.41. The van der Waals surface area contributed by atoms with Gasteiger partial charge in [-0.1, -0.05) is 41.9 Å². The van der Waals surface area contributed by atoms with Crippen molar-refractivity contribution in [2.75, 3.05) is 5.32 Å². The van der Waals surface area contributed by atoms with E-state index >= 15 is 0 Å². The monoisotopic (exact) mass is 428 g/mol. The van der Waals surface area contributed by atoms with Crippen molar-refractivity contribution in [3.63, 3.8) is 0 Å². The molecule has 0 spiro atoms. The van der Waals surface area contributed by atoms with E-state index in [-0.39, 0.29) is 5.91 Å². The van der Waals surface area contributed by atoms with E-state index < -0.39 is 0 Å². The molecule has 30 heavy (non-hydrogen) atoms. The van der Waals surface area contributed by atoms with Crippen molar-refractivity contribution in [3.8, 4) is 10.6 Å². The molecule has 0 fully saturated rings. The normalized spacial score (nSPS) is 11.1. The lowest BCUT2D eigenvalue weighted by atomic mass is 10.0. The summed E-state index contributed by atoms with van der Waals surface area (Å²) in [5.41, 5.74) is 4.60. The average molecular weight is 429 g/mol. The highest BCUT2D eigenvalue weighted by Crippen LogP contribution is 2.31. The first kappa shape index (κ1) is 18.8. The van der Waals surface area contributed by atoms with Gasteiger partial charge < -0.3 is 5.32 Å². The fraction of sp³-hybridized carbons (Fsp3) is 0.0400. The van der Waals surface area contributed by atoms with Gasteiger partial charge in [-0.25, -0.2) is 4.98 Å². The third-order valence-electron chi connectivity index (χ3n) is 5.05. The quantitative estimate of drug-likeness (QED) is 0.327. The van der Waals surface area contributed by atoms with Crippen LogP contribution in [0.25, 0.3) is 31.6 Å². The van der Waals surface area contributed by atoms with Crippen LogP contribution in [0.15, 0.2) is 78.9 Å². The zero-order chi connectivity index (χ0) is 20.7. The number of anilines is 1. The molecule has 0 unspecified atom stereocenters. The number of halogens is 1. The molecule has 0 aliphatic heterocycles. The number of thiazole rings is 1. The molecule has 5 rings (SSSR count).